The lowest BCUT2D eigenvalue weighted by Gasteiger charge is -2.17. The van der Waals surface area contributed by atoms with Crippen LogP contribution in [0.15, 0.2) is 48.7 Å². The molecule has 0 radical (unpaired) electrons. The molecule has 3 rings (SSSR count). The largest absolute Gasteiger partial charge is 0.345 e. The molecule has 2 atom stereocenters. The molecule has 1 aromatic heterocycles. The van der Waals surface area contributed by atoms with E-state index in [1.807, 2.05) is 25.2 Å². The van der Waals surface area contributed by atoms with Crippen LogP contribution in [0.1, 0.15) is 23.6 Å². The zero-order valence-corrected chi connectivity index (χ0v) is 12.6. The van der Waals surface area contributed by atoms with E-state index in [9.17, 15) is 9.18 Å². The maximum Gasteiger partial charge on any atom is 0.226 e. The molecule has 1 aromatic carbocycles. The van der Waals surface area contributed by atoms with Crippen molar-refractivity contribution in [3.05, 3.63) is 65.7 Å². The van der Waals surface area contributed by atoms with Crippen LogP contribution in [0.4, 0.5) is 4.39 Å². The number of amides is 1. The molecule has 0 saturated heterocycles. The number of nitrogens with zero attached hydrogens (tertiary/aromatic N) is 2. The number of hydrogen-bond acceptors (Lipinski definition) is 2. The van der Waals surface area contributed by atoms with Gasteiger partial charge in [-0.1, -0.05) is 18.2 Å². The minimum Gasteiger partial charge on any atom is -0.345 e. The predicted molar refractivity (Wildman–Crippen MR) is 82.8 cm³/mol. The summed E-state index contributed by atoms with van der Waals surface area (Å²) in [6.07, 6.45) is 3.39. The SMILES string of the molecule is CN(CCc1ccccn1)C(=O)C1CC1c1ccc(F)cc1. The Hall–Kier alpha value is -2.23. The number of pyridine rings is 1. The monoisotopic (exact) mass is 298 g/mol. The van der Waals surface area contributed by atoms with E-state index in [4.69, 9.17) is 0 Å². The summed E-state index contributed by atoms with van der Waals surface area (Å²) in [5, 5.41) is 0. The number of halogens is 1. The molecule has 0 aliphatic heterocycles. The van der Waals surface area contributed by atoms with Crippen LogP contribution in [0.25, 0.3) is 0 Å². The van der Waals surface area contributed by atoms with Crippen LogP contribution >= 0.6 is 0 Å². The number of rotatable bonds is 5. The third-order valence-electron chi connectivity index (χ3n) is 4.21. The van der Waals surface area contributed by atoms with Crippen LogP contribution in [-0.2, 0) is 11.2 Å². The molecule has 22 heavy (non-hydrogen) atoms. The lowest BCUT2D eigenvalue weighted by Crippen LogP contribution is -2.30. The highest BCUT2D eigenvalue weighted by atomic mass is 19.1. The van der Waals surface area contributed by atoms with Crippen LogP contribution in [0, 0.1) is 11.7 Å². The summed E-state index contributed by atoms with van der Waals surface area (Å²) < 4.78 is 12.9. The summed E-state index contributed by atoms with van der Waals surface area (Å²) in [7, 11) is 1.84. The van der Waals surface area contributed by atoms with Crippen molar-refractivity contribution in [1.82, 2.24) is 9.88 Å². The highest BCUT2D eigenvalue weighted by molar-refractivity contribution is 5.82. The van der Waals surface area contributed by atoms with Crippen LogP contribution in [0.5, 0.6) is 0 Å². The van der Waals surface area contributed by atoms with E-state index >= 15 is 0 Å². The van der Waals surface area contributed by atoms with Crippen LogP contribution in [0.2, 0.25) is 0 Å². The lowest BCUT2D eigenvalue weighted by atomic mass is 10.1. The highest BCUT2D eigenvalue weighted by Crippen LogP contribution is 2.48. The number of carbonyl (C=O) groups is 1. The molecule has 1 aliphatic rings. The van der Waals surface area contributed by atoms with Gasteiger partial charge in [-0.05, 0) is 42.2 Å². The second kappa shape index (κ2) is 6.26. The number of likely N-dealkylation sites (N-methyl/N-ethyl adjacent to an activating group) is 1. The van der Waals surface area contributed by atoms with E-state index in [-0.39, 0.29) is 23.6 Å². The Kier molecular flexibility index (Phi) is 4.18. The van der Waals surface area contributed by atoms with Crippen molar-refractivity contribution in [3.63, 3.8) is 0 Å². The zero-order chi connectivity index (χ0) is 15.5. The fourth-order valence-electron chi connectivity index (χ4n) is 2.77. The maximum absolute atomic E-state index is 12.9. The van der Waals surface area contributed by atoms with E-state index in [0.717, 1.165) is 24.1 Å². The Morgan fingerprint density at radius 3 is 2.73 bits per heavy atom. The first-order chi connectivity index (χ1) is 10.6. The van der Waals surface area contributed by atoms with Gasteiger partial charge in [-0.3, -0.25) is 9.78 Å². The van der Waals surface area contributed by atoms with Crippen molar-refractivity contribution in [1.29, 1.82) is 0 Å². The van der Waals surface area contributed by atoms with Crippen molar-refractivity contribution >= 4 is 5.91 Å². The molecule has 1 aliphatic carbocycles. The van der Waals surface area contributed by atoms with E-state index < -0.39 is 0 Å². The van der Waals surface area contributed by atoms with Crippen molar-refractivity contribution in [3.8, 4) is 0 Å². The second-order valence-corrected chi connectivity index (χ2v) is 5.83. The van der Waals surface area contributed by atoms with E-state index in [0.29, 0.717) is 6.54 Å². The van der Waals surface area contributed by atoms with Gasteiger partial charge in [-0.2, -0.15) is 0 Å². The first-order valence-corrected chi connectivity index (χ1v) is 7.55. The lowest BCUT2D eigenvalue weighted by molar-refractivity contribution is -0.131. The van der Waals surface area contributed by atoms with E-state index in [1.54, 1.807) is 23.2 Å². The number of carbonyl (C=O) groups excluding carboxylic acids is 1. The Morgan fingerprint density at radius 1 is 1.27 bits per heavy atom. The minimum absolute atomic E-state index is 0.0409. The summed E-state index contributed by atoms with van der Waals surface area (Å²) in [6, 6.07) is 12.3. The molecule has 3 nitrogen and oxygen atoms in total. The molecular formula is C18H19FN2O. The average molecular weight is 298 g/mol. The number of benzene rings is 1. The molecular weight excluding hydrogens is 279 g/mol. The minimum atomic E-state index is -0.236. The summed E-state index contributed by atoms with van der Waals surface area (Å²) in [4.78, 5) is 18.5. The molecule has 0 bridgehead atoms. The topological polar surface area (TPSA) is 33.2 Å². The van der Waals surface area contributed by atoms with E-state index in [2.05, 4.69) is 4.98 Å². The summed E-state index contributed by atoms with van der Waals surface area (Å²) in [5.41, 5.74) is 2.05. The van der Waals surface area contributed by atoms with Gasteiger partial charge in [0.05, 0.1) is 0 Å². The fraction of sp³-hybridized carbons (Fsp3) is 0.333. The molecule has 1 amide bonds. The Balaban J connectivity index is 1.53. The zero-order valence-electron chi connectivity index (χ0n) is 12.6. The third-order valence-corrected chi connectivity index (χ3v) is 4.21. The molecule has 0 spiro atoms. The van der Waals surface area contributed by atoms with E-state index in [1.165, 1.54) is 12.1 Å². The van der Waals surface area contributed by atoms with Crippen LogP contribution in [-0.4, -0.2) is 29.4 Å². The van der Waals surface area contributed by atoms with Crippen molar-refractivity contribution < 1.29 is 9.18 Å². The molecule has 1 saturated carbocycles. The summed E-state index contributed by atoms with van der Waals surface area (Å²) >= 11 is 0. The molecule has 4 heteroatoms. The molecule has 2 unspecified atom stereocenters. The van der Waals surface area contributed by atoms with Gasteiger partial charge < -0.3 is 4.90 Å². The van der Waals surface area contributed by atoms with Gasteiger partial charge >= 0.3 is 0 Å². The molecule has 114 valence electrons. The van der Waals surface area contributed by atoms with Crippen molar-refractivity contribution in [2.45, 2.75) is 18.8 Å². The average Bonchev–Trinajstić information content (AvgIpc) is 3.34. The first-order valence-electron chi connectivity index (χ1n) is 7.55. The Labute approximate surface area is 129 Å². The highest BCUT2D eigenvalue weighted by Gasteiger charge is 2.44. The Bertz CT molecular complexity index is 642. The van der Waals surface area contributed by atoms with Gasteiger partial charge in [0.1, 0.15) is 5.82 Å². The smallest absolute Gasteiger partial charge is 0.226 e. The van der Waals surface area contributed by atoms with Crippen LogP contribution in [0.3, 0.4) is 0 Å². The fourth-order valence-corrected chi connectivity index (χ4v) is 2.77. The second-order valence-electron chi connectivity index (χ2n) is 5.83. The van der Waals surface area contributed by atoms with Gasteiger partial charge in [0.25, 0.3) is 0 Å². The normalized spacial score (nSPS) is 19.7. The third kappa shape index (κ3) is 3.32. The van der Waals surface area contributed by atoms with Crippen LogP contribution < -0.4 is 0 Å². The van der Waals surface area contributed by atoms with Gasteiger partial charge in [-0.25, -0.2) is 4.39 Å². The van der Waals surface area contributed by atoms with Gasteiger partial charge in [0, 0.05) is 37.8 Å². The molecule has 1 fully saturated rings. The van der Waals surface area contributed by atoms with Crippen molar-refractivity contribution in [2.75, 3.05) is 13.6 Å². The van der Waals surface area contributed by atoms with Gasteiger partial charge in [-0.15, -0.1) is 0 Å². The first kappa shape index (κ1) is 14.7. The number of hydrogen-bond donors (Lipinski definition) is 0. The standard InChI is InChI=1S/C18H19FN2O/c1-21(11-9-15-4-2-3-10-20-15)18(22)17-12-16(17)13-5-7-14(19)8-6-13/h2-8,10,16-17H,9,11-12H2,1H3. The Morgan fingerprint density at radius 2 is 2.05 bits per heavy atom. The quantitative estimate of drug-likeness (QED) is 0.850. The molecule has 2 aromatic rings. The molecule has 0 N–H and O–H groups in total. The molecule has 1 heterocycles. The van der Waals surface area contributed by atoms with Gasteiger partial charge in [0.2, 0.25) is 5.91 Å². The maximum atomic E-state index is 12.9. The predicted octanol–water partition coefficient (Wildman–Crippen LogP) is 3.03. The summed E-state index contributed by atoms with van der Waals surface area (Å²) in [5.74, 6) is 0.217. The number of aromatic nitrogens is 1. The van der Waals surface area contributed by atoms with Crippen molar-refractivity contribution in [2.24, 2.45) is 5.92 Å². The summed E-state index contributed by atoms with van der Waals surface area (Å²) in [6.45, 7) is 0.669. The van der Waals surface area contributed by atoms with Gasteiger partial charge in [0.15, 0.2) is 0 Å².